The van der Waals surface area contributed by atoms with Crippen molar-refractivity contribution in [2.24, 2.45) is 4.99 Å². The molecule has 1 aromatic heterocycles. The van der Waals surface area contributed by atoms with Gasteiger partial charge in [-0.15, -0.1) is 35.3 Å². The van der Waals surface area contributed by atoms with Crippen molar-refractivity contribution in [3.05, 3.63) is 58.0 Å². The van der Waals surface area contributed by atoms with Crippen LogP contribution in [0.15, 0.2) is 46.8 Å². The van der Waals surface area contributed by atoms with Crippen LogP contribution in [0.4, 0.5) is 4.39 Å². The van der Waals surface area contributed by atoms with Crippen molar-refractivity contribution in [1.29, 1.82) is 0 Å². The summed E-state index contributed by atoms with van der Waals surface area (Å²) in [6.45, 7) is 5.96. The molecule has 0 spiro atoms. The lowest BCUT2D eigenvalue weighted by molar-refractivity contribution is -0.0334. The standard InChI is InChI=1S/C22H31FN4O2S.HI/c1-16-15-27(10-11-29-16)19(21-5-4-12-30-21)13-25-22(24-2)26-14-20(28-3)17-6-8-18(23)9-7-17;/h4-9,12,16,19-20H,10-11,13-15H2,1-3H3,(H2,24,25,26);1H. The summed E-state index contributed by atoms with van der Waals surface area (Å²) in [5.41, 5.74) is 0.917. The van der Waals surface area contributed by atoms with Gasteiger partial charge < -0.3 is 20.1 Å². The van der Waals surface area contributed by atoms with Crippen molar-refractivity contribution >= 4 is 41.3 Å². The minimum atomic E-state index is -0.254. The van der Waals surface area contributed by atoms with E-state index in [1.807, 2.05) is 0 Å². The van der Waals surface area contributed by atoms with Gasteiger partial charge in [0.2, 0.25) is 0 Å². The maximum atomic E-state index is 13.2. The minimum Gasteiger partial charge on any atom is -0.376 e. The van der Waals surface area contributed by atoms with E-state index in [-0.39, 0.29) is 48.0 Å². The van der Waals surface area contributed by atoms with E-state index >= 15 is 0 Å². The van der Waals surface area contributed by atoms with E-state index in [1.54, 1.807) is 37.6 Å². The number of ether oxygens (including phenoxy) is 2. The van der Waals surface area contributed by atoms with Gasteiger partial charge in [-0.05, 0) is 36.1 Å². The Morgan fingerprint density at radius 1 is 1.29 bits per heavy atom. The molecule has 31 heavy (non-hydrogen) atoms. The van der Waals surface area contributed by atoms with Crippen LogP contribution in [0.1, 0.15) is 29.5 Å². The number of rotatable bonds is 8. The molecule has 0 radical (unpaired) electrons. The monoisotopic (exact) mass is 562 g/mol. The maximum absolute atomic E-state index is 13.2. The SMILES string of the molecule is CN=C(NCC(OC)c1ccc(F)cc1)NCC(c1cccs1)N1CCOC(C)C1.I. The molecule has 1 saturated heterocycles. The van der Waals surface area contributed by atoms with Crippen LogP contribution in [0.2, 0.25) is 0 Å². The molecule has 2 aromatic rings. The van der Waals surface area contributed by atoms with Gasteiger partial charge in [0.1, 0.15) is 5.82 Å². The first-order chi connectivity index (χ1) is 14.6. The zero-order valence-corrected chi connectivity index (χ0v) is 21.4. The average molecular weight is 562 g/mol. The van der Waals surface area contributed by atoms with Crippen LogP contribution < -0.4 is 10.6 Å². The van der Waals surface area contributed by atoms with Crippen molar-refractivity contribution < 1.29 is 13.9 Å². The van der Waals surface area contributed by atoms with Gasteiger partial charge >= 0.3 is 0 Å². The molecule has 0 saturated carbocycles. The molecule has 2 heterocycles. The summed E-state index contributed by atoms with van der Waals surface area (Å²) in [6, 6.07) is 10.9. The van der Waals surface area contributed by atoms with Gasteiger partial charge in [-0.2, -0.15) is 0 Å². The van der Waals surface area contributed by atoms with Gasteiger partial charge in [0.05, 0.1) is 24.9 Å². The zero-order chi connectivity index (χ0) is 21.3. The number of halogens is 2. The molecule has 9 heteroatoms. The predicted octanol–water partition coefficient (Wildman–Crippen LogP) is 3.82. The highest BCUT2D eigenvalue weighted by atomic mass is 127. The second kappa shape index (κ2) is 13.3. The normalized spacial score (nSPS) is 19.4. The fraction of sp³-hybridized carbons (Fsp3) is 0.500. The third kappa shape index (κ3) is 7.67. The Labute approximate surface area is 205 Å². The fourth-order valence-corrected chi connectivity index (χ4v) is 4.50. The second-order valence-electron chi connectivity index (χ2n) is 7.32. The molecule has 0 bridgehead atoms. The third-order valence-corrected chi connectivity index (χ3v) is 6.23. The predicted molar refractivity (Wildman–Crippen MR) is 135 cm³/mol. The van der Waals surface area contributed by atoms with E-state index in [4.69, 9.17) is 9.47 Å². The van der Waals surface area contributed by atoms with E-state index in [2.05, 4.69) is 45.0 Å². The summed E-state index contributed by atoms with van der Waals surface area (Å²) >= 11 is 1.77. The summed E-state index contributed by atoms with van der Waals surface area (Å²) in [6.07, 6.45) is 0.0363. The first-order valence-electron chi connectivity index (χ1n) is 10.2. The summed E-state index contributed by atoms with van der Waals surface area (Å²) < 4.78 is 24.5. The molecule has 3 rings (SSSR count). The Bertz CT molecular complexity index is 791. The number of hydrogen-bond acceptors (Lipinski definition) is 5. The van der Waals surface area contributed by atoms with E-state index in [0.717, 1.165) is 31.8 Å². The number of nitrogens with zero attached hydrogens (tertiary/aromatic N) is 2. The number of benzene rings is 1. The van der Waals surface area contributed by atoms with Crippen molar-refractivity contribution in [3.63, 3.8) is 0 Å². The van der Waals surface area contributed by atoms with Crippen LogP contribution in [0.5, 0.6) is 0 Å². The second-order valence-corrected chi connectivity index (χ2v) is 8.30. The van der Waals surface area contributed by atoms with Crippen molar-refractivity contribution in [1.82, 2.24) is 15.5 Å². The zero-order valence-electron chi connectivity index (χ0n) is 18.2. The Hall–Kier alpha value is -1.27. The lowest BCUT2D eigenvalue weighted by Gasteiger charge is -2.37. The maximum Gasteiger partial charge on any atom is 0.191 e. The molecule has 0 aliphatic carbocycles. The first kappa shape index (κ1) is 26.0. The lowest BCUT2D eigenvalue weighted by atomic mass is 10.1. The molecule has 2 N–H and O–H groups in total. The smallest absolute Gasteiger partial charge is 0.191 e. The number of aliphatic imine (C=N–C) groups is 1. The third-order valence-electron chi connectivity index (χ3n) is 5.25. The summed E-state index contributed by atoms with van der Waals surface area (Å²) in [7, 11) is 3.41. The van der Waals surface area contributed by atoms with Crippen LogP contribution in [0.25, 0.3) is 0 Å². The van der Waals surface area contributed by atoms with Crippen LogP contribution >= 0.6 is 35.3 Å². The molecule has 1 aliphatic rings. The Morgan fingerprint density at radius 3 is 2.65 bits per heavy atom. The van der Waals surface area contributed by atoms with Crippen molar-refractivity contribution in [2.75, 3.05) is 46.9 Å². The fourth-order valence-electron chi connectivity index (χ4n) is 3.64. The Morgan fingerprint density at radius 2 is 2.03 bits per heavy atom. The quantitative estimate of drug-likeness (QED) is 0.291. The van der Waals surface area contributed by atoms with Gasteiger partial charge in [-0.25, -0.2) is 4.39 Å². The lowest BCUT2D eigenvalue weighted by Crippen LogP contribution is -2.48. The van der Waals surface area contributed by atoms with Gasteiger partial charge in [0, 0.05) is 45.2 Å². The molecule has 0 amide bonds. The topological polar surface area (TPSA) is 58.1 Å². The molecule has 1 aromatic carbocycles. The molecule has 3 atom stereocenters. The Kier molecular flexibility index (Phi) is 11.2. The molecule has 172 valence electrons. The molecular weight excluding hydrogens is 530 g/mol. The van der Waals surface area contributed by atoms with Crippen LogP contribution in [-0.4, -0.2) is 63.9 Å². The average Bonchev–Trinajstić information content (AvgIpc) is 3.28. The van der Waals surface area contributed by atoms with Crippen molar-refractivity contribution in [2.45, 2.75) is 25.2 Å². The highest BCUT2D eigenvalue weighted by Gasteiger charge is 2.26. The number of morpholine rings is 1. The van der Waals surface area contributed by atoms with E-state index in [9.17, 15) is 4.39 Å². The highest BCUT2D eigenvalue weighted by molar-refractivity contribution is 14.0. The van der Waals surface area contributed by atoms with Crippen LogP contribution in [0.3, 0.4) is 0 Å². The molecular formula is C22H32FIN4O2S. The Balaban J connectivity index is 0.00000341. The van der Waals surface area contributed by atoms with Gasteiger partial charge in [-0.1, -0.05) is 18.2 Å². The van der Waals surface area contributed by atoms with Crippen LogP contribution in [-0.2, 0) is 9.47 Å². The van der Waals surface area contributed by atoms with E-state index in [1.165, 1.54) is 17.0 Å². The number of guanidine groups is 1. The van der Waals surface area contributed by atoms with E-state index in [0.29, 0.717) is 12.5 Å². The minimum absolute atomic E-state index is 0. The van der Waals surface area contributed by atoms with Crippen molar-refractivity contribution in [3.8, 4) is 0 Å². The summed E-state index contributed by atoms with van der Waals surface area (Å²) in [5, 5.41) is 8.90. The number of hydrogen-bond donors (Lipinski definition) is 2. The van der Waals surface area contributed by atoms with Gasteiger partial charge in [0.25, 0.3) is 0 Å². The van der Waals surface area contributed by atoms with Gasteiger partial charge in [-0.3, -0.25) is 9.89 Å². The highest BCUT2D eigenvalue weighted by Crippen LogP contribution is 2.26. The number of nitrogens with one attached hydrogen (secondary N) is 2. The molecule has 1 aliphatic heterocycles. The van der Waals surface area contributed by atoms with Crippen LogP contribution in [0, 0.1) is 5.82 Å². The number of thiophene rings is 1. The van der Waals surface area contributed by atoms with E-state index < -0.39 is 0 Å². The summed E-state index contributed by atoms with van der Waals surface area (Å²) in [4.78, 5) is 8.15. The first-order valence-corrected chi connectivity index (χ1v) is 11.1. The van der Waals surface area contributed by atoms with Gasteiger partial charge in [0.15, 0.2) is 5.96 Å². The molecule has 1 fully saturated rings. The molecule has 6 nitrogen and oxygen atoms in total. The summed E-state index contributed by atoms with van der Waals surface area (Å²) in [5.74, 6) is 0.457. The number of methoxy groups -OCH3 is 1. The molecule has 3 unspecified atom stereocenters. The largest absolute Gasteiger partial charge is 0.376 e.